The number of carbonyl (C=O) groups excluding carboxylic acids is 1. The lowest BCUT2D eigenvalue weighted by Crippen LogP contribution is -2.39. The van der Waals surface area contributed by atoms with E-state index in [1.54, 1.807) is 5.51 Å². The molecule has 0 bridgehead atoms. The maximum atomic E-state index is 12.4. The van der Waals surface area contributed by atoms with Crippen LogP contribution in [0.25, 0.3) is 0 Å². The minimum absolute atomic E-state index is 0.00380. The van der Waals surface area contributed by atoms with Crippen LogP contribution in [0.2, 0.25) is 0 Å². The summed E-state index contributed by atoms with van der Waals surface area (Å²) in [7, 11) is 2.01. The van der Waals surface area contributed by atoms with E-state index in [2.05, 4.69) is 44.1 Å². The molecule has 1 aliphatic rings. The number of hydrogen-bond acceptors (Lipinski definition) is 8. The van der Waals surface area contributed by atoms with Gasteiger partial charge in [0.15, 0.2) is 0 Å². The summed E-state index contributed by atoms with van der Waals surface area (Å²) in [5.74, 6) is 1.70. The Morgan fingerprint density at radius 1 is 1.35 bits per heavy atom. The van der Waals surface area contributed by atoms with Crippen LogP contribution in [0.15, 0.2) is 11.6 Å². The standard InChI is InChI=1S/C17H25N7OS/c1-11(2)23(4)16-19-12(3)9-14(20-16)24-7-5-13(6-8-24)15(25)21-17-22-18-10-26-17/h9-11,13H,5-8H2,1-4H3,(H,21,22,25). The van der Waals surface area contributed by atoms with Crippen LogP contribution in [0.1, 0.15) is 32.4 Å². The minimum Gasteiger partial charge on any atom is -0.356 e. The van der Waals surface area contributed by atoms with Crippen molar-refractivity contribution in [2.45, 2.75) is 39.7 Å². The van der Waals surface area contributed by atoms with Crippen molar-refractivity contribution in [2.24, 2.45) is 5.92 Å². The Kier molecular flexibility index (Phi) is 5.65. The molecule has 0 saturated carbocycles. The molecule has 9 heteroatoms. The SMILES string of the molecule is Cc1cc(N2CCC(C(=O)Nc3nncs3)CC2)nc(N(C)C(C)C)n1. The third-order valence-electron chi connectivity index (χ3n) is 4.70. The zero-order chi connectivity index (χ0) is 18.7. The molecule has 0 unspecified atom stereocenters. The zero-order valence-electron chi connectivity index (χ0n) is 15.6. The molecule has 0 spiro atoms. The molecule has 0 atom stereocenters. The summed E-state index contributed by atoms with van der Waals surface area (Å²) in [6.45, 7) is 7.83. The predicted molar refractivity (Wildman–Crippen MR) is 104 cm³/mol. The van der Waals surface area contributed by atoms with Gasteiger partial charge in [0.25, 0.3) is 0 Å². The molecule has 0 radical (unpaired) electrons. The van der Waals surface area contributed by atoms with Crippen molar-refractivity contribution in [3.63, 3.8) is 0 Å². The molecule has 26 heavy (non-hydrogen) atoms. The van der Waals surface area contributed by atoms with Crippen LogP contribution in [0.5, 0.6) is 0 Å². The molecular weight excluding hydrogens is 350 g/mol. The largest absolute Gasteiger partial charge is 0.356 e. The second-order valence-electron chi connectivity index (χ2n) is 6.87. The summed E-state index contributed by atoms with van der Waals surface area (Å²) in [5, 5.41) is 11.0. The number of carbonyl (C=O) groups is 1. The van der Waals surface area contributed by atoms with Gasteiger partial charge in [0.1, 0.15) is 11.3 Å². The molecule has 8 nitrogen and oxygen atoms in total. The number of aryl methyl sites for hydroxylation is 1. The Bertz CT molecular complexity index is 742. The number of amides is 1. The number of nitrogens with zero attached hydrogens (tertiary/aromatic N) is 6. The first kappa shape index (κ1) is 18.5. The Labute approximate surface area is 157 Å². The molecule has 0 aliphatic carbocycles. The summed E-state index contributed by atoms with van der Waals surface area (Å²) >= 11 is 1.33. The van der Waals surface area contributed by atoms with Gasteiger partial charge in [-0.05, 0) is 33.6 Å². The van der Waals surface area contributed by atoms with Gasteiger partial charge in [-0.15, -0.1) is 10.2 Å². The topological polar surface area (TPSA) is 87.1 Å². The molecule has 2 aromatic heterocycles. The Hall–Kier alpha value is -2.29. The molecule has 1 saturated heterocycles. The third kappa shape index (κ3) is 4.27. The van der Waals surface area contributed by atoms with E-state index in [1.165, 1.54) is 11.3 Å². The highest BCUT2D eigenvalue weighted by Gasteiger charge is 2.26. The average molecular weight is 376 g/mol. The fourth-order valence-corrected chi connectivity index (χ4v) is 3.34. The van der Waals surface area contributed by atoms with Gasteiger partial charge in [-0.1, -0.05) is 11.3 Å². The highest BCUT2D eigenvalue weighted by Crippen LogP contribution is 2.25. The predicted octanol–water partition coefficient (Wildman–Crippen LogP) is 2.34. The lowest BCUT2D eigenvalue weighted by Gasteiger charge is -2.33. The summed E-state index contributed by atoms with van der Waals surface area (Å²) in [6, 6.07) is 2.35. The lowest BCUT2D eigenvalue weighted by atomic mass is 9.96. The number of anilines is 3. The number of hydrogen-bond donors (Lipinski definition) is 1. The van der Waals surface area contributed by atoms with Gasteiger partial charge in [-0.2, -0.15) is 4.98 Å². The van der Waals surface area contributed by atoms with E-state index >= 15 is 0 Å². The Balaban J connectivity index is 1.63. The van der Waals surface area contributed by atoms with Crippen molar-refractivity contribution in [1.29, 1.82) is 0 Å². The second-order valence-corrected chi connectivity index (χ2v) is 7.70. The fraction of sp³-hybridized carbons (Fsp3) is 0.588. The maximum absolute atomic E-state index is 12.4. The minimum atomic E-state index is -0.00380. The van der Waals surface area contributed by atoms with Crippen LogP contribution in [-0.2, 0) is 4.79 Å². The molecule has 1 amide bonds. The Morgan fingerprint density at radius 3 is 2.69 bits per heavy atom. The van der Waals surface area contributed by atoms with Gasteiger partial charge in [-0.3, -0.25) is 4.79 Å². The third-order valence-corrected chi connectivity index (χ3v) is 5.31. The van der Waals surface area contributed by atoms with Gasteiger partial charge in [0.05, 0.1) is 0 Å². The first-order valence-electron chi connectivity index (χ1n) is 8.84. The van der Waals surface area contributed by atoms with E-state index in [4.69, 9.17) is 4.98 Å². The van der Waals surface area contributed by atoms with E-state index < -0.39 is 0 Å². The monoisotopic (exact) mass is 375 g/mol. The van der Waals surface area contributed by atoms with E-state index in [9.17, 15) is 4.79 Å². The number of nitrogens with one attached hydrogen (secondary N) is 1. The highest BCUT2D eigenvalue weighted by atomic mass is 32.1. The van der Waals surface area contributed by atoms with Crippen LogP contribution in [0, 0.1) is 12.8 Å². The van der Waals surface area contributed by atoms with Gasteiger partial charge < -0.3 is 15.1 Å². The molecule has 2 aromatic rings. The van der Waals surface area contributed by atoms with Crippen LogP contribution >= 0.6 is 11.3 Å². The van der Waals surface area contributed by atoms with Crippen molar-refractivity contribution in [3.8, 4) is 0 Å². The van der Waals surface area contributed by atoms with E-state index in [0.717, 1.165) is 43.4 Å². The highest BCUT2D eigenvalue weighted by molar-refractivity contribution is 7.13. The van der Waals surface area contributed by atoms with Gasteiger partial charge in [0.2, 0.25) is 17.0 Å². The quantitative estimate of drug-likeness (QED) is 0.858. The molecule has 1 aliphatic heterocycles. The zero-order valence-corrected chi connectivity index (χ0v) is 16.5. The molecule has 1 fully saturated rings. The Morgan fingerprint density at radius 2 is 2.08 bits per heavy atom. The van der Waals surface area contributed by atoms with Crippen LogP contribution in [-0.4, -0.2) is 52.3 Å². The number of rotatable bonds is 5. The molecule has 3 rings (SSSR count). The van der Waals surface area contributed by atoms with E-state index in [1.807, 2.05) is 20.0 Å². The van der Waals surface area contributed by atoms with Crippen molar-refractivity contribution in [3.05, 3.63) is 17.3 Å². The van der Waals surface area contributed by atoms with Crippen LogP contribution in [0.4, 0.5) is 16.9 Å². The van der Waals surface area contributed by atoms with Gasteiger partial charge in [-0.25, -0.2) is 4.98 Å². The summed E-state index contributed by atoms with van der Waals surface area (Å²) in [5.41, 5.74) is 2.56. The molecule has 140 valence electrons. The van der Waals surface area contributed by atoms with Crippen LogP contribution < -0.4 is 15.1 Å². The van der Waals surface area contributed by atoms with Crippen LogP contribution in [0.3, 0.4) is 0 Å². The van der Waals surface area contributed by atoms with Crippen molar-refractivity contribution < 1.29 is 4.79 Å². The molecular formula is C17H25N7OS. The van der Waals surface area contributed by atoms with Crippen molar-refractivity contribution >= 4 is 34.1 Å². The van der Waals surface area contributed by atoms with Gasteiger partial charge >= 0.3 is 0 Å². The summed E-state index contributed by atoms with van der Waals surface area (Å²) in [6.07, 6.45) is 1.59. The first-order chi connectivity index (χ1) is 12.4. The fourth-order valence-electron chi connectivity index (χ4n) is 2.89. The van der Waals surface area contributed by atoms with Gasteiger partial charge in [0, 0.05) is 43.9 Å². The first-order valence-corrected chi connectivity index (χ1v) is 9.72. The van der Waals surface area contributed by atoms with Crippen molar-refractivity contribution in [1.82, 2.24) is 20.2 Å². The molecule has 3 heterocycles. The van der Waals surface area contributed by atoms with Crippen molar-refractivity contribution in [2.75, 3.05) is 35.3 Å². The second kappa shape index (κ2) is 7.94. The maximum Gasteiger partial charge on any atom is 0.229 e. The number of piperidine rings is 1. The smallest absolute Gasteiger partial charge is 0.229 e. The summed E-state index contributed by atoms with van der Waals surface area (Å²) in [4.78, 5) is 25.9. The normalized spacial score (nSPS) is 15.3. The summed E-state index contributed by atoms with van der Waals surface area (Å²) < 4.78 is 0. The van der Waals surface area contributed by atoms with E-state index in [0.29, 0.717) is 11.2 Å². The molecule has 0 aromatic carbocycles. The lowest BCUT2D eigenvalue weighted by molar-refractivity contribution is -0.120. The number of aromatic nitrogens is 4. The molecule has 1 N–H and O–H groups in total. The van der Waals surface area contributed by atoms with E-state index in [-0.39, 0.29) is 11.8 Å². The average Bonchev–Trinajstić information content (AvgIpc) is 3.13.